The molecule has 2 aromatic rings. The second-order valence-corrected chi connectivity index (χ2v) is 5.97. The lowest BCUT2D eigenvalue weighted by Crippen LogP contribution is -2.36. The van der Waals surface area contributed by atoms with Gasteiger partial charge in [-0.2, -0.15) is 0 Å². The quantitative estimate of drug-likeness (QED) is 0.686. The zero-order valence-electron chi connectivity index (χ0n) is 14.4. The number of benzene rings is 2. The van der Waals surface area contributed by atoms with E-state index in [1.165, 1.54) is 5.56 Å². The number of rotatable bonds is 8. The van der Waals surface area contributed by atoms with Gasteiger partial charge >= 0.3 is 0 Å². The van der Waals surface area contributed by atoms with Crippen LogP contribution in [0.3, 0.4) is 0 Å². The van der Waals surface area contributed by atoms with Gasteiger partial charge in [0.05, 0.1) is 13.2 Å². The number of aryl methyl sites for hydroxylation is 2. The summed E-state index contributed by atoms with van der Waals surface area (Å²) in [6.07, 6.45) is 1.00. The van der Waals surface area contributed by atoms with Crippen LogP contribution in [0.25, 0.3) is 0 Å². The first-order valence-corrected chi connectivity index (χ1v) is 8.35. The van der Waals surface area contributed by atoms with Gasteiger partial charge in [0.25, 0.3) is 0 Å². The minimum absolute atomic E-state index is 0.0476. The van der Waals surface area contributed by atoms with Gasteiger partial charge in [-0.15, -0.1) is 0 Å². The summed E-state index contributed by atoms with van der Waals surface area (Å²) in [6, 6.07) is 15.4. The van der Waals surface area contributed by atoms with E-state index in [0.29, 0.717) is 19.4 Å². The molecule has 5 nitrogen and oxygen atoms in total. The van der Waals surface area contributed by atoms with Crippen LogP contribution in [0, 0.1) is 6.92 Å². The van der Waals surface area contributed by atoms with Crippen molar-refractivity contribution in [3.8, 4) is 0 Å². The smallest absolute Gasteiger partial charge is 0.239 e. The molecule has 0 heterocycles. The molecule has 0 unspecified atom stereocenters. The number of carbonyl (C=O) groups is 2. The molecule has 0 atom stereocenters. The van der Waals surface area contributed by atoms with Crippen molar-refractivity contribution in [1.82, 2.24) is 10.6 Å². The summed E-state index contributed by atoms with van der Waals surface area (Å²) in [4.78, 5) is 23.7. The molecule has 0 fully saturated rings. The Labute approximate surface area is 148 Å². The highest BCUT2D eigenvalue weighted by Crippen LogP contribution is 2.08. The number of nitrogens with one attached hydrogen (secondary N) is 2. The fourth-order valence-corrected chi connectivity index (χ4v) is 2.42. The van der Waals surface area contributed by atoms with Crippen LogP contribution in [0.5, 0.6) is 0 Å². The van der Waals surface area contributed by atoms with E-state index in [0.717, 1.165) is 16.7 Å². The fraction of sp³-hybridized carbons (Fsp3) is 0.300. The average molecular weight is 340 g/mol. The molecule has 0 saturated heterocycles. The molecule has 2 amide bonds. The number of aliphatic hydroxyl groups is 1. The fourth-order valence-electron chi connectivity index (χ4n) is 2.42. The highest BCUT2D eigenvalue weighted by atomic mass is 16.3. The SMILES string of the molecule is Cc1ccc(CCC(=O)NCC(=O)NCc2ccccc2CO)cc1. The third-order valence-corrected chi connectivity index (χ3v) is 3.97. The van der Waals surface area contributed by atoms with Crippen LogP contribution in [-0.4, -0.2) is 23.5 Å². The minimum atomic E-state index is -0.253. The van der Waals surface area contributed by atoms with Crippen molar-refractivity contribution in [2.75, 3.05) is 6.54 Å². The Morgan fingerprint density at radius 1 is 0.920 bits per heavy atom. The maximum Gasteiger partial charge on any atom is 0.239 e. The van der Waals surface area contributed by atoms with Gasteiger partial charge in [0.15, 0.2) is 0 Å². The summed E-state index contributed by atoms with van der Waals surface area (Å²) < 4.78 is 0. The molecule has 0 aromatic heterocycles. The highest BCUT2D eigenvalue weighted by molar-refractivity contribution is 5.84. The topological polar surface area (TPSA) is 78.4 Å². The minimum Gasteiger partial charge on any atom is -0.392 e. The second-order valence-electron chi connectivity index (χ2n) is 5.97. The molecular formula is C20H24N2O3. The zero-order chi connectivity index (χ0) is 18.1. The summed E-state index contributed by atoms with van der Waals surface area (Å²) >= 11 is 0. The van der Waals surface area contributed by atoms with Gasteiger partial charge in [0, 0.05) is 13.0 Å². The van der Waals surface area contributed by atoms with E-state index in [4.69, 9.17) is 0 Å². The molecule has 0 radical (unpaired) electrons. The van der Waals surface area contributed by atoms with Crippen LogP contribution in [0.15, 0.2) is 48.5 Å². The molecule has 3 N–H and O–H groups in total. The van der Waals surface area contributed by atoms with Crippen LogP contribution >= 0.6 is 0 Å². The number of amides is 2. The van der Waals surface area contributed by atoms with Crippen molar-refractivity contribution in [2.45, 2.75) is 32.9 Å². The number of carbonyl (C=O) groups excluding carboxylic acids is 2. The van der Waals surface area contributed by atoms with Gasteiger partial charge in [-0.05, 0) is 30.0 Å². The Hall–Kier alpha value is -2.66. The van der Waals surface area contributed by atoms with Gasteiger partial charge in [-0.3, -0.25) is 9.59 Å². The van der Waals surface area contributed by atoms with Gasteiger partial charge in [-0.25, -0.2) is 0 Å². The van der Waals surface area contributed by atoms with Gasteiger partial charge in [0.2, 0.25) is 11.8 Å². The molecule has 0 aliphatic heterocycles. The third-order valence-electron chi connectivity index (χ3n) is 3.97. The van der Waals surface area contributed by atoms with E-state index < -0.39 is 0 Å². The largest absolute Gasteiger partial charge is 0.392 e. The van der Waals surface area contributed by atoms with E-state index in [2.05, 4.69) is 10.6 Å². The van der Waals surface area contributed by atoms with E-state index in [1.807, 2.05) is 55.5 Å². The lowest BCUT2D eigenvalue weighted by Gasteiger charge is -2.10. The molecule has 0 spiro atoms. The van der Waals surface area contributed by atoms with Crippen molar-refractivity contribution in [3.05, 3.63) is 70.8 Å². The van der Waals surface area contributed by atoms with Crippen LogP contribution in [0.4, 0.5) is 0 Å². The van der Waals surface area contributed by atoms with Crippen LogP contribution < -0.4 is 10.6 Å². The second kappa shape index (κ2) is 9.59. The van der Waals surface area contributed by atoms with Gasteiger partial charge < -0.3 is 15.7 Å². The summed E-state index contributed by atoms with van der Waals surface area (Å²) in [6.45, 7) is 2.23. The van der Waals surface area contributed by atoms with Gasteiger partial charge in [0.1, 0.15) is 0 Å². The summed E-state index contributed by atoms with van der Waals surface area (Å²) in [5.41, 5.74) is 3.94. The predicted molar refractivity (Wildman–Crippen MR) is 96.7 cm³/mol. The lowest BCUT2D eigenvalue weighted by molar-refractivity contribution is -0.126. The summed E-state index contributed by atoms with van der Waals surface area (Å²) in [5, 5.41) is 14.6. The van der Waals surface area contributed by atoms with E-state index in [1.54, 1.807) is 0 Å². The number of hydrogen-bond acceptors (Lipinski definition) is 3. The Morgan fingerprint density at radius 2 is 1.60 bits per heavy atom. The predicted octanol–water partition coefficient (Wildman–Crippen LogP) is 1.85. The molecule has 2 rings (SSSR count). The molecule has 132 valence electrons. The molecule has 0 saturated carbocycles. The monoisotopic (exact) mass is 340 g/mol. The molecule has 25 heavy (non-hydrogen) atoms. The molecule has 2 aromatic carbocycles. The Bertz CT molecular complexity index is 711. The third kappa shape index (κ3) is 6.39. The van der Waals surface area contributed by atoms with Crippen LogP contribution in [-0.2, 0) is 29.2 Å². The molecule has 0 aliphatic carbocycles. The maximum atomic E-state index is 11.8. The summed E-state index contributed by atoms with van der Waals surface area (Å²) in [7, 11) is 0. The molecular weight excluding hydrogens is 316 g/mol. The van der Waals surface area contributed by atoms with Crippen molar-refractivity contribution in [1.29, 1.82) is 0 Å². The first-order chi connectivity index (χ1) is 12.1. The molecule has 0 bridgehead atoms. The average Bonchev–Trinajstić information content (AvgIpc) is 2.64. The molecule has 0 aliphatic rings. The van der Waals surface area contributed by atoms with Crippen molar-refractivity contribution >= 4 is 11.8 Å². The van der Waals surface area contributed by atoms with Crippen LogP contribution in [0.2, 0.25) is 0 Å². The zero-order valence-corrected chi connectivity index (χ0v) is 14.4. The normalized spacial score (nSPS) is 10.3. The first-order valence-electron chi connectivity index (χ1n) is 8.35. The van der Waals surface area contributed by atoms with Crippen LogP contribution in [0.1, 0.15) is 28.7 Å². The standard InChI is InChI=1S/C20H24N2O3/c1-15-6-8-16(9-7-15)10-11-19(24)22-13-20(25)21-12-17-4-2-3-5-18(17)14-23/h2-9,23H,10-14H2,1H3,(H,21,25)(H,22,24). The van der Waals surface area contributed by atoms with E-state index >= 15 is 0 Å². The number of hydrogen-bond donors (Lipinski definition) is 3. The highest BCUT2D eigenvalue weighted by Gasteiger charge is 2.07. The van der Waals surface area contributed by atoms with E-state index in [9.17, 15) is 14.7 Å². The van der Waals surface area contributed by atoms with Crippen molar-refractivity contribution in [3.63, 3.8) is 0 Å². The lowest BCUT2D eigenvalue weighted by atomic mass is 10.1. The molecule has 5 heteroatoms. The summed E-state index contributed by atoms with van der Waals surface area (Å²) in [5.74, 6) is -0.400. The van der Waals surface area contributed by atoms with Gasteiger partial charge in [-0.1, -0.05) is 54.1 Å². The maximum absolute atomic E-state index is 11.8. The Morgan fingerprint density at radius 3 is 2.28 bits per heavy atom. The Balaban J connectivity index is 1.68. The van der Waals surface area contributed by atoms with E-state index in [-0.39, 0.29) is 25.0 Å². The van der Waals surface area contributed by atoms with Crippen molar-refractivity contribution in [2.24, 2.45) is 0 Å². The Kier molecular flexibility index (Phi) is 7.16. The van der Waals surface area contributed by atoms with Crippen molar-refractivity contribution < 1.29 is 14.7 Å². The first kappa shape index (κ1) is 18.7. The number of aliphatic hydroxyl groups excluding tert-OH is 1.